The molecule has 27 heavy (non-hydrogen) atoms. The van der Waals surface area contributed by atoms with E-state index in [0.717, 1.165) is 17.1 Å². The third-order valence-corrected chi connectivity index (χ3v) is 4.66. The van der Waals surface area contributed by atoms with E-state index in [-0.39, 0.29) is 18.4 Å². The van der Waals surface area contributed by atoms with Crippen LogP contribution in [0, 0.1) is 0 Å². The van der Waals surface area contributed by atoms with Gasteiger partial charge in [-0.25, -0.2) is 0 Å². The van der Waals surface area contributed by atoms with Crippen molar-refractivity contribution < 1.29 is 19.1 Å². The summed E-state index contributed by atoms with van der Waals surface area (Å²) in [7, 11) is 1.61. The number of ether oxygens (including phenoxy) is 2. The van der Waals surface area contributed by atoms with Crippen molar-refractivity contribution in [2.45, 2.75) is 19.5 Å². The van der Waals surface area contributed by atoms with E-state index in [9.17, 15) is 9.59 Å². The summed E-state index contributed by atoms with van der Waals surface area (Å²) < 4.78 is 10.8. The van der Waals surface area contributed by atoms with Crippen LogP contribution >= 0.6 is 0 Å². The van der Waals surface area contributed by atoms with Crippen molar-refractivity contribution in [3.8, 4) is 11.5 Å². The van der Waals surface area contributed by atoms with E-state index in [1.807, 2.05) is 54.6 Å². The second-order valence-corrected chi connectivity index (χ2v) is 6.47. The molecular formula is C21H24N2O4. The number of para-hydroxylation sites is 1. The van der Waals surface area contributed by atoms with E-state index in [1.54, 1.807) is 23.8 Å². The summed E-state index contributed by atoms with van der Waals surface area (Å²) >= 11 is 0. The lowest BCUT2D eigenvalue weighted by molar-refractivity contribution is -0.155. The highest BCUT2D eigenvalue weighted by atomic mass is 16.5. The fourth-order valence-corrected chi connectivity index (χ4v) is 3.13. The highest BCUT2D eigenvalue weighted by Crippen LogP contribution is 2.18. The van der Waals surface area contributed by atoms with Crippen LogP contribution in [-0.4, -0.2) is 54.5 Å². The van der Waals surface area contributed by atoms with Gasteiger partial charge in [-0.2, -0.15) is 0 Å². The minimum absolute atomic E-state index is 0.0508. The maximum absolute atomic E-state index is 12.7. The summed E-state index contributed by atoms with van der Waals surface area (Å²) in [6.45, 7) is 3.00. The Morgan fingerprint density at radius 3 is 2.37 bits per heavy atom. The van der Waals surface area contributed by atoms with Crippen LogP contribution in [0.5, 0.6) is 11.5 Å². The molecule has 6 nitrogen and oxygen atoms in total. The fourth-order valence-electron chi connectivity index (χ4n) is 3.13. The molecule has 6 heteroatoms. The van der Waals surface area contributed by atoms with Crippen LogP contribution < -0.4 is 9.47 Å². The first kappa shape index (κ1) is 18.8. The zero-order chi connectivity index (χ0) is 19.2. The molecule has 0 aliphatic carbocycles. The molecule has 1 fully saturated rings. The molecule has 0 bridgehead atoms. The van der Waals surface area contributed by atoms with Gasteiger partial charge in [-0.3, -0.25) is 9.59 Å². The Labute approximate surface area is 159 Å². The Hall–Kier alpha value is -3.02. The number of piperazine rings is 1. The number of carbonyl (C=O) groups is 2. The summed E-state index contributed by atoms with van der Waals surface area (Å²) in [5, 5.41) is 0. The van der Waals surface area contributed by atoms with Gasteiger partial charge in [0.2, 0.25) is 11.8 Å². The predicted octanol–water partition coefficient (Wildman–Crippen LogP) is 2.33. The normalized spacial score (nSPS) is 17.2. The van der Waals surface area contributed by atoms with E-state index in [4.69, 9.17) is 9.47 Å². The average molecular weight is 368 g/mol. The first-order valence-electron chi connectivity index (χ1n) is 8.97. The largest absolute Gasteiger partial charge is 0.497 e. The molecule has 2 amide bonds. The smallest absolute Gasteiger partial charge is 0.245 e. The molecule has 1 aliphatic rings. The zero-order valence-corrected chi connectivity index (χ0v) is 15.6. The first-order chi connectivity index (χ1) is 13.1. The van der Waals surface area contributed by atoms with Gasteiger partial charge < -0.3 is 19.3 Å². The van der Waals surface area contributed by atoms with Gasteiger partial charge in [-0.15, -0.1) is 0 Å². The molecular weight excluding hydrogens is 344 g/mol. The fraction of sp³-hybridized carbons (Fsp3) is 0.333. The number of benzene rings is 2. The van der Waals surface area contributed by atoms with Gasteiger partial charge in [0, 0.05) is 6.54 Å². The first-order valence-corrected chi connectivity index (χ1v) is 8.97. The second-order valence-electron chi connectivity index (χ2n) is 6.47. The Bertz CT molecular complexity index is 777. The van der Waals surface area contributed by atoms with Crippen LogP contribution in [0.1, 0.15) is 12.5 Å². The maximum atomic E-state index is 12.7. The number of methoxy groups -OCH3 is 1. The van der Waals surface area contributed by atoms with Crippen molar-refractivity contribution in [1.82, 2.24) is 9.80 Å². The van der Waals surface area contributed by atoms with Crippen LogP contribution in [0.3, 0.4) is 0 Å². The molecule has 1 aliphatic heterocycles. The van der Waals surface area contributed by atoms with Crippen molar-refractivity contribution in [2.24, 2.45) is 0 Å². The highest BCUT2D eigenvalue weighted by Gasteiger charge is 2.36. The molecule has 142 valence electrons. The Morgan fingerprint density at radius 2 is 1.70 bits per heavy atom. The zero-order valence-electron chi connectivity index (χ0n) is 15.6. The molecule has 0 radical (unpaired) electrons. The van der Waals surface area contributed by atoms with E-state index >= 15 is 0 Å². The van der Waals surface area contributed by atoms with Gasteiger partial charge >= 0.3 is 0 Å². The van der Waals surface area contributed by atoms with E-state index in [1.165, 1.54) is 0 Å². The number of hydrogen-bond donors (Lipinski definition) is 0. The standard InChI is InChI=1S/C21H24N2O4/c1-16-21(25)22(14-17-8-10-18(26-2)11-9-17)15-20(24)23(16)12-13-27-19-6-4-3-5-7-19/h3-11,16H,12-15H2,1-2H3/t16-/m0/s1. The van der Waals surface area contributed by atoms with Crippen molar-refractivity contribution in [2.75, 3.05) is 26.8 Å². The Kier molecular flexibility index (Phi) is 5.96. The summed E-state index contributed by atoms with van der Waals surface area (Å²) in [6, 6.07) is 16.4. The molecule has 0 spiro atoms. The van der Waals surface area contributed by atoms with E-state index in [2.05, 4.69) is 0 Å². The number of nitrogens with zero attached hydrogens (tertiary/aromatic N) is 2. The molecule has 0 N–H and O–H groups in total. The predicted molar refractivity (Wildman–Crippen MR) is 102 cm³/mol. The number of carbonyl (C=O) groups excluding carboxylic acids is 2. The van der Waals surface area contributed by atoms with Gasteiger partial charge in [0.25, 0.3) is 0 Å². The van der Waals surface area contributed by atoms with E-state index < -0.39 is 6.04 Å². The summed E-state index contributed by atoms with van der Waals surface area (Å²) in [6.07, 6.45) is 0. The maximum Gasteiger partial charge on any atom is 0.245 e. The van der Waals surface area contributed by atoms with Crippen molar-refractivity contribution in [3.05, 3.63) is 60.2 Å². The SMILES string of the molecule is COc1ccc(CN2CC(=O)N(CCOc3ccccc3)[C@@H](C)C2=O)cc1. The molecule has 0 aromatic heterocycles. The van der Waals surface area contributed by atoms with Gasteiger partial charge in [0.1, 0.15) is 30.7 Å². The molecule has 0 unspecified atom stereocenters. The molecule has 2 aromatic carbocycles. The van der Waals surface area contributed by atoms with Gasteiger partial charge in [-0.1, -0.05) is 30.3 Å². The van der Waals surface area contributed by atoms with Crippen molar-refractivity contribution in [1.29, 1.82) is 0 Å². The third kappa shape index (κ3) is 4.58. The second kappa shape index (κ2) is 8.58. The Balaban J connectivity index is 1.56. The van der Waals surface area contributed by atoms with Crippen LogP contribution in [0.4, 0.5) is 0 Å². The number of rotatable bonds is 7. The summed E-state index contributed by atoms with van der Waals surface area (Å²) in [4.78, 5) is 28.5. The van der Waals surface area contributed by atoms with Crippen LogP contribution in [0.2, 0.25) is 0 Å². The van der Waals surface area contributed by atoms with Crippen molar-refractivity contribution >= 4 is 11.8 Å². The lowest BCUT2D eigenvalue weighted by atomic mass is 10.1. The molecule has 0 saturated carbocycles. The van der Waals surface area contributed by atoms with Gasteiger partial charge in [0.15, 0.2) is 0 Å². The van der Waals surface area contributed by atoms with Gasteiger partial charge in [-0.05, 0) is 36.8 Å². The minimum Gasteiger partial charge on any atom is -0.497 e. The molecule has 1 saturated heterocycles. The minimum atomic E-state index is -0.496. The van der Waals surface area contributed by atoms with Crippen LogP contribution in [-0.2, 0) is 16.1 Å². The average Bonchev–Trinajstić information content (AvgIpc) is 2.70. The Morgan fingerprint density at radius 1 is 1.00 bits per heavy atom. The summed E-state index contributed by atoms with van der Waals surface area (Å²) in [5.74, 6) is 1.40. The van der Waals surface area contributed by atoms with Crippen molar-refractivity contribution in [3.63, 3.8) is 0 Å². The highest BCUT2D eigenvalue weighted by molar-refractivity contribution is 5.94. The molecule has 2 aromatic rings. The molecule has 1 heterocycles. The van der Waals surface area contributed by atoms with E-state index in [0.29, 0.717) is 19.7 Å². The van der Waals surface area contributed by atoms with Crippen LogP contribution in [0.15, 0.2) is 54.6 Å². The monoisotopic (exact) mass is 368 g/mol. The molecule has 1 atom stereocenters. The third-order valence-electron chi connectivity index (χ3n) is 4.66. The number of amides is 2. The summed E-state index contributed by atoms with van der Waals surface area (Å²) in [5.41, 5.74) is 0.963. The quantitative estimate of drug-likeness (QED) is 0.753. The number of hydrogen-bond acceptors (Lipinski definition) is 4. The lowest BCUT2D eigenvalue weighted by Gasteiger charge is -2.38. The topological polar surface area (TPSA) is 59.1 Å². The lowest BCUT2D eigenvalue weighted by Crippen LogP contribution is -2.59. The van der Waals surface area contributed by atoms with Gasteiger partial charge in [0.05, 0.1) is 13.7 Å². The van der Waals surface area contributed by atoms with Crippen LogP contribution in [0.25, 0.3) is 0 Å². The molecule has 3 rings (SSSR count).